The number of hydrogen-bond donors (Lipinski definition) is 0. The van der Waals surface area contributed by atoms with Gasteiger partial charge in [0.25, 0.3) is 0 Å². The Labute approximate surface area is 84.0 Å². The fourth-order valence-electron chi connectivity index (χ4n) is 0.922. The van der Waals surface area contributed by atoms with Gasteiger partial charge in [-0.25, -0.2) is 4.98 Å². The standard InChI is InChI=1S/C10H17NOS/c1-4-10-11-9(7-13-10)12-6-5-8(2)3/h7-8H,4-6H2,1-3H3. The summed E-state index contributed by atoms with van der Waals surface area (Å²) in [6.07, 6.45) is 2.09. The highest BCUT2D eigenvalue weighted by molar-refractivity contribution is 7.09. The van der Waals surface area contributed by atoms with Crippen molar-refractivity contribution in [1.29, 1.82) is 0 Å². The lowest BCUT2D eigenvalue weighted by Crippen LogP contribution is -2.01. The van der Waals surface area contributed by atoms with Gasteiger partial charge in [0.1, 0.15) is 0 Å². The van der Waals surface area contributed by atoms with Gasteiger partial charge in [0.2, 0.25) is 5.88 Å². The summed E-state index contributed by atoms with van der Waals surface area (Å²) in [5.74, 6) is 1.49. The van der Waals surface area contributed by atoms with Crippen molar-refractivity contribution in [2.75, 3.05) is 6.61 Å². The molecular formula is C10H17NOS. The van der Waals surface area contributed by atoms with Gasteiger partial charge in [0, 0.05) is 0 Å². The topological polar surface area (TPSA) is 22.1 Å². The van der Waals surface area contributed by atoms with Crippen molar-refractivity contribution < 1.29 is 4.74 Å². The van der Waals surface area contributed by atoms with Gasteiger partial charge >= 0.3 is 0 Å². The molecule has 1 aromatic rings. The first-order valence-corrected chi connectivity index (χ1v) is 5.67. The molecule has 0 N–H and O–H groups in total. The van der Waals surface area contributed by atoms with E-state index in [4.69, 9.17) is 4.74 Å². The van der Waals surface area contributed by atoms with Crippen LogP contribution in [0.25, 0.3) is 0 Å². The zero-order valence-electron chi connectivity index (χ0n) is 8.54. The van der Waals surface area contributed by atoms with E-state index in [2.05, 4.69) is 25.8 Å². The SMILES string of the molecule is CCc1nc(OCCC(C)C)cs1. The van der Waals surface area contributed by atoms with Crippen molar-refractivity contribution in [3.63, 3.8) is 0 Å². The fourth-order valence-corrected chi connectivity index (χ4v) is 1.59. The third-order valence-electron chi connectivity index (χ3n) is 1.78. The van der Waals surface area contributed by atoms with E-state index >= 15 is 0 Å². The highest BCUT2D eigenvalue weighted by Crippen LogP contribution is 2.17. The number of nitrogens with zero attached hydrogens (tertiary/aromatic N) is 1. The third kappa shape index (κ3) is 3.77. The first-order chi connectivity index (χ1) is 6.22. The highest BCUT2D eigenvalue weighted by atomic mass is 32.1. The van der Waals surface area contributed by atoms with Crippen molar-refractivity contribution in [3.8, 4) is 5.88 Å². The van der Waals surface area contributed by atoms with Crippen LogP contribution in [0.1, 0.15) is 32.2 Å². The summed E-state index contributed by atoms with van der Waals surface area (Å²) in [6.45, 7) is 7.28. The van der Waals surface area contributed by atoms with Crippen LogP contribution in [0.5, 0.6) is 5.88 Å². The Morgan fingerprint density at radius 1 is 1.54 bits per heavy atom. The Kier molecular flexibility index (Phi) is 4.22. The first kappa shape index (κ1) is 10.5. The molecule has 0 unspecified atom stereocenters. The average Bonchev–Trinajstić information content (AvgIpc) is 2.52. The van der Waals surface area contributed by atoms with Crippen LogP contribution in [-0.4, -0.2) is 11.6 Å². The van der Waals surface area contributed by atoms with Gasteiger partial charge in [0.05, 0.1) is 17.0 Å². The van der Waals surface area contributed by atoms with E-state index in [1.807, 2.05) is 5.38 Å². The molecular weight excluding hydrogens is 182 g/mol. The van der Waals surface area contributed by atoms with E-state index in [9.17, 15) is 0 Å². The second kappa shape index (κ2) is 5.22. The monoisotopic (exact) mass is 199 g/mol. The van der Waals surface area contributed by atoms with Gasteiger partial charge < -0.3 is 4.74 Å². The largest absolute Gasteiger partial charge is 0.477 e. The van der Waals surface area contributed by atoms with Gasteiger partial charge in [-0.15, -0.1) is 11.3 Å². The van der Waals surface area contributed by atoms with Crippen molar-refractivity contribution in [2.45, 2.75) is 33.6 Å². The molecule has 3 heteroatoms. The van der Waals surface area contributed by atoms with Gasteiger partial charge in [-0.05, 0) is 18.8 Å². The molecule has 1 rings (SSSR count). The van der Waals surface area contributed by atoms with Gasteiger partial charge in [-0.1, -0.05) is 20.8 Å². The molecule has 0 radical (unpaired) electrons. The summed E-state index contributed by atoms with van der Waals surface area (Å²) in [5, 5.41) is 3.14. The van der Waals surface area contributed by atoms with Gasteiger partial charge in [0.15, 0.2) is 0 Å². The number of thiazole rings is 1. The van der Waals surface area contributed by atoms with Crippen LogP contribution >= 0.6 is 11.3 Å². The smallest absolute Gasteiger partial charge is 0.224 e. The predicted octanol–water partition coefficient (Wildman–Crippen LogP) is 3.13. The molecule has 2 nitrogen and oxygen atoms in total. The summed E-state index contributed by atoms with van der Waals surface area (Å²) in [4.78, 5) is 4.32. The van der Waals surface area contributed by atoms with Crippen molar-refractivity contribution in [3.05, 3.63) is 10.4 Å². The Bertz CT molecular complexity index is 245. The lowest BCUT2D eigenvalue weighted by Gasteiger charge is -2.04. The third-order valence-corrected chi connectivity index (χ3v) is 2.75. The minimum absolute atomic E-state index is 0.698. The molecule has 0 atom stereocenters. The lowest BCUT2D eigenvalue weighted by molar-refractivity contribution is 0.280. The number of aromatic nitrogens is 1. The van der Waals surface area contributed by atoms with Crippen LogP contribution in [0.2, 0.25) is 0 Å². The lowest BCUT2D eigenvalue weighted by atomic mass is 10.1. The van der Waals surface area contributed by atoms with E-state index in [-0.39, 0.29) is 0 Å². The molecule has 1 aromatic heterocycles. The molecule has 0 amide bonds. The highest BCUT2D eigenvalue weighted by Gasteiger charge is 2.01. The molecule has 0 aliphatic heterocycles. The number of rotatable bonds is 5. The molecule has 0 saturated carbocycles. The summed E-state index contributed by atoms with van der Waals surface area (Å²) >= 11 is 1.67. The van der Waals surface area contributed by atoms with Gasteiger partial charge in [-0.3, -0.25) is 0 Å². The second-order valence-corrected chi connectivity index (χ2v) is 4.41. The van der Waals surface area contributed by atoms with Crippen molar-refractivity contribution in [1.82, 2.24) is 4.98 Å². The molecule has 0 aromatic carbocycles. The summed E-state index contributed by atoms with van der Waals surface area (Å²) in [6, 6.07) is 0. The Balaban J connectivity index is 2.28. The van der Waals surface area contributed by atoms with Crippen molar-refractivity contribution >= 4 is 11.3 Å². The van der Waals surface area contributed by atoms with Crippen LogP contribution in [0.15, 0.2) is 5.38 Å². The zero-order valence-corrected chi connectivity index (χ0v) is 9.36. The summed E-state index contributed by atoms with van der Waals surface area (Å²) in [7, 11) is 0. The normalized spacial score (nSPS) is 10.8. The van der Waals surface area contributed by atoms with E-state index in [1.54, 1.807) is 11.3 Å². The summed E-state index contributed by atoms with van der Waals surface area (Å²) in [5.41, 5.74) is 0. The summed E-state index contributed by atoms with van der Waals surface area (Å²) < 4.78 is 5.50. The Morgan fingerprint density at radius 3 is 2.85 bits per heavy atom. The molecule has 0 fully saturated rings. The molecule has 0 saturated heterocycles. The van der Waals surface area contributed by atoms with Gasteiger partial charge in [-0.2, -0.15) is 0 Å². The van der Waals surface area contributed by atoms with Crippen LogP contribution in [0, 0.1) is 5.92 Å². The average molecular weight is 199 g/mol. The quantitative estimate of drug-likeness (QED) is 0.727. The van der Waals surface area contributed by atoms with Crippen LogP contribution in [0.3, 0.4) is 0 Å². The number of ether oxygens (including phenoxy) is 1. The maximum Gasteiger partial charge on any atom is 0.224 e. The predicted molar refractivity (Wildman–Crippen MR) is 56.4 cm³/mol. The molecule has 0 aliphatic carbocycles. The van der Waals surface area contributed by atoms with Crippen molar-refractivity contribution in [2.24, 2.45) is 5.92 Å². The van der Waals surface area contributed by atoms with Crippen LogP contribution < -0.4 is 4.74 Å². The minimum Gasteiger partial charge on any atom is -0.477 e. The zero-order chi connectivity index (χ0) is 9.68. The molecule has 1 heterocycles. The second-order valence-electron chi connectivity index (χ2n) is 3.46. The van der Waals surface area contributed by atoms with Crippen LogP contribution in [-0.2, 0) is 6.42 Å². The fraction of sp³-hybridized carbons (Fsp3) is 0.700. The molecule has 0 spiro atoms. The van der Waals surface area contributed by atoms with E-state index in [1.165, 1.54) is 0 Å². The molecule has 74 valence electrons. The van der Waals surface area contributed by atoms with E-state index < -0.39 is 0 Å². The first-order valence-electron chi connectivity index (χ1n) is 4.79. The van der Waals surface area contributed by atoms with Crippen LogP contribution in [0.4, 0.5) is 0 Å². The maximum absolute atomic E-state index is 5.50. The number of hydrogen-bond acceptors (Lipinski definition) is 3. The van der Waals surface area contributed by atoms with E-state index in [0.717, 1.165) is 30.3 Å². The molecule has 13 heavy (non-hydrogen) atoms. The molecule has 0 aliphatic rings. The maximum atomic E-state index is 5.50. The Hall–Kier alpha value is -0.570. The number of aryl methyl sites for hydroxylation is 1. The minimum atomic E-state index is 0.698. The molecule has 0 bridgehead atoms. The Morgan fingerprint density at radius 2 is 2.31 bits per heavy atom. The van der Waals surface area contributed by atoms with E-state index in [0.29, 0.717) is 5.92 Å².